The molecule has 0 bridgehead atoms. The van der Waals surface area contributed by atoms with Crippen molar-refractivity contribution in [1.82, 2.24) is 9.21 Å². The van der Waals surface area contributed by atoms with E-state index in [1.54, 1.807) is 6.92 Å². The molecule has 1 aromatic carbocycles. The number of nitrogens with two attached hydrogens (primary N) is 1. The zero-order chi connectivity index (χ0) is 18.0. The first kappa shape index (κ1) is 21.2. The van der Waals surface area contributed by atoms with Crippen LogP contribution in [0.5, 0.6) is 0 Å². The number of carbonyl (C=O) groups excluding carboxylic acids is 1. The summed E-state index contributed by atoms with van der Waals surface area (Å²) in [5, 5.41) is 0. The van der Waals surface area contributed by atoms with E-state index in [1.165, 1.54) is 4.31 Å². The maximum absolute atomic E-state index is 12.9. The first-order chi connectivity index (χ1) is 11.9. The number of amides is 1. The van der Waals surface area contributed by atoms with Gasteiger partial charge in [-0.05, 0) is 25.3 Å². The highest BCUT2D eigenvalue weighted by molar-refractivity contribution is 7.89. The Balaban J connectivity index is 0.00000243. The third-order valence-corrected chi connectivity index (χ3v) is 7.24. The molecule has 0 spiro atoms. The molecule has 1 aromatic rings. The fourth-order valence-electron chi connectivity index (χ4n) is 3.90. The van der Waals surface area contributed by atoms with Crippen molar-refractivity contribution in [3.8, 4) is 0 Å². The molecule has 1 amide bonds. The Morgan fingerprint density at radius 3 is 2.54 bits per heavy atom. The Morgan fingerprint density at radius 2 is 1.88 bits per heavy atom. The second kappa shape index (κ2) is 8.69. The van der Waals surface area contributed by atoms with E-state index >= 15 is 0 Å². The summed E-state index contributed by atoms with van der Waals surface area (Å²) in [5.74, 6) is 0.0179. The van der Waals surface area contributed by atoms with Gasteiger partial charge in [-0.15, -0.1) is 12.4 Å². The maximum atomic E-state index is 12.9. The summed E-state index contributed by atoms with van der Waals surface area (Å²) >= 11 is 0. The van der Waals surface area contributed by atoms with Crippen molar-refractivity contribution in [3.63, 3.8) is 0 Å². The highest BCUT2D eigenvalue weighted by atomic mass is 35.5. The lowest BCUT2D eigenvalue weighted by Crippen LogP contribution is -2.47. The predicted molar refractivity (Wildman–Crippen MR) is 105 cm³/mol. The van der Waals surface area contributed by atoms with Crippen LogP contribution < -0.4 is 5.73 Å². The van der Waals surface area contributed by atoms with Gasteiger partial charge in [-0.1, -0.05) is 30.3 Å². The molecule has 146 valence electrons. The van der Waals surface area contributed by atoms with Gasteiger partial charge in [0.1, 0.15) is 0 Å². The molecule has 2 N–H and O–H groups in total. The Kier molecular flexibility index (Phi) is 7.07. The average molecular weight is 402 g/mol. The Labute approximate surface area is 162 Å². The van der Waals surface area contributed by atoms with Crippen molar-refractivity contribution in [3.05, 3.63) is 35.9 Å². The van der Waals surface area contributed by atoms with Gasteiger partial charge in [0.2, 0.25) is 15.9 Å². The lowest BCUT2D eigenvalue weighted by molar-refractivity contribution is -0.135. The quantitative estimate of drug-likeness (QED) is 0.827. The number of hydrogen-bond donors (Lipinski definition) is 1. The topological polar surface area (TPSA) is 83.7 Å². The minimum atomic E-state index is -3.24. The van der Waals surface area contributed by atoms with Crippen LogP contribution in [0.25, 0.3) is 0 Å². The predicted octanol–water partition coefficient (Wildman–Crippen LogP) is 1.42. The van der Waals surface area contributed by atoms with Crippen LogP contribution in [0.3, 0.4) is 0 Å². The van der Waals surface area contributed by atoms with Crippen LogP contribution in [0.1, 0.15) is 31.2 Å². The third kappa shape index (κ3) is 4.39. The van der Waals surface area contributed by atoms with E-state index < -0.39 is 10.0 Å². The Bertz CT molecular complexity index is 714. The third-order valence-electron chi connectivity index (χ3n) is 5.40. The van der Waals surface area contributed by atoms with Crippen LogP contribution >= 0.6 is 12.4 Å². The number of hydrogen-bond acceptors (Lipinski definition) is 4. The summed E-state index contributed by atoms with van der Waals surface area (Å²) in [6.45, 7) is 3.62. The van der Waals surface area contributed by atoms with Gasteiger partial charge in [-0.25, -0.2) is 12.7 Å². The highest BCUT2D eigenvalue weighted by Crippen LogP contribution is 2.29. The van der Waals surface area contributed by atoms with E-state index in [1.807, 2.05) is 23.1 Å². The molecular formula is C18H28ClN3O3S. The second-order valence-electron chi connectivity index (χ2n) is 7.02. The standard InChI is InChI=1S/C18H27N3O3S.ClH/c1-2-25(23,24)21-10-6-9-15(11-21)18(22)20-12-16(17(19)13-20)14-7-4-3-5-8-14;/h3-5,7-8,15-17H,2,6,9-13,19H2,1H3;1H/t15?,16-,17+;/m0./s1. The summed E-state index contributed by atoms with van der Waals surface area (Å²) in [7, 11) is -3.24. The van der Waals surface area contributed by atoms with Crippen molar-refractivity contribution < 1.29 is 13.2 Å². The first-order valence-electron chi connectivity index (χ1n) is 8.99. The molecule has 26 heavy (non-hydrogen) atoms. The molecule has 8 heteroatoms. The van der Waals surface area contributed by atoms with Crippen LogP contribution in [0.4, 0.5) is 0 Å². The first-order valence-corrected chi connectivity index (χ1v) is 10.6. The number of likely N-dealkylation sites (tertiary alicyclic amines) is 1. The fourth-order valence-corrected chi connectivity index (χ4v) is 5.08. The molecule has 0 radical (unpaired) electrons. The Hall–Kier alpha value is -1.15. The van der Waals surface area contributed by atoms with Gasteiger partial charge in [0.15, 0.2) is 0 Å². The highest BCUT2D eigenvalue weighted by Gasteiger charge is 2.39. The minimum Gasteiger partial charge on any atom is -0.340 e. The molecule has 0 saturated carbocycles. The van der Waals surface area contributed by atoms with Crippen LogP contribution in [0.2, 0.25) is 0 Å². The van der Waals surface area contributed by atoms with E-state index in [2.05, 4.69) is 12.1 Å². The molecule has 2 aliphatic rings. The number of nitrogens with zero attached hydrogens (tertiary/aromatic N) is 2. The van der Waals surface area contributed by atoms with Crippen molar-refractivity contribution in [1.29, 1.82) is 0 Å². The summed E-state index contributed by atoms with van der Waals surface area (Å²) in [5.41, 5.74) is 7.44. The van der Waals surface area contributed by atoms with Gasteiger partial charge < -0.3 is 10.6 Å². The van der Waals surface area contributed by atoms with E-state index in [-0.39, 0.29) is 41.9 Å². The summed E-state index contributed by atoms with van der Waals surface area (Å²) in [6.07, 6.45) is 1.48. The largest absolute Gasteiger partial charge is 0.340 e. The second-order valence-corrected chi connectivity index (χ2v) is 9.28. The zero-order valence-corrected chi connectivity index (χ0v) is 16.7. The fraction of sp³-hybridized carbons (Fsp3) is 0.611. The maximum Gasteiger partial charge on any atom is 0.227 e. The minimum absolute atomic E-state index is 0. The molecule has 2 aliphatic heterocycles. The van der Waals surface area contributed by atoms with Crippen LogP contribution in [-0.2, 0) is 14.8 Å². The average Bonchev–Trinajstić information content (AvgIpc) is 3.03. The van der Waals surface area contributed by atoms with Gasteiger partial charge in [0.05, 0.1) is 11.7 Å². The summed E-state index contributed by atoms with van der Waals surface area (Å²) in [4.78, 5) is 14.8. The lowest BCUT2D eigenvalue weighted by Gasteiger charge is -2.33. The Morgan fingerprint density at radius 1 is 1.19 bits per heavy atom. The number of carbonyl (C=O) groups is 1. The van der Waals surface area contributed by atoms with Gasteiger partial charge >= 0.3 is 0 Å². The van der Waals surface area contributed by atoms with Gasteiger partial charge in [0.25, 0.3) is 0 Å². The van der Waals surface area contributed by atoms with Crippen LogP contribution in [0, 0.1) is 5.92 Å². The van der Waals surface area contributed by atoms with Gasteiger partial charge in [-0.3, -0.25) is 4.79 Å². The number of sulfonamides is 1. The molecular weight excluding hydrogens is 374 g/mol. The van der Waals surface area contributed by atoms with Crippen molar-refractivity contribution in [2.75, 3.05) is 31.9 Å². The van der Waals surface area contributed by atoms with Crippen LogP contribution in [0.15, 0.2) is 30.3 Å². The number of halogens is 1. The molecule has 2 saturated heterocycles. The van der Waals surface area contributed by atoms with Crippen molar-refractivity contribution >= 4 is 28.3 Å². The molecule has 2 fully saturated rings. The molecule has 3 rings (SSSR count). The molecule has 6 nitrogen and oxygen atoms in total. The number of piperidine rings is 1. The lowest BCUT2D eigenvalue weighted by atomic mass is 9.95. The van der Waals surface area contributed by atoms with Gasteiger partial charge in [-0.2, -0.15) is 0 Å². The van der Waals surface area contributed by atoms with E-state index in [4.69, 9.17) is 5.73 Å². The monoisotopic (exact) mass is 401 g/mol. The van der Waals surface area contributed by atoms with E-state index in [9.17, 15) is 13.2 Å². The van der Waals surface area contributed by atoms with E-state index in [0.717, 1.165) is 18.4 Å². The van der Waals surface area contributed by atoms with Gasteiger partial charge in [0, 0.05) is 38.1 Å². The van der Waals surface area contributed by atoms with Crippen molar-refractivity contribution in [2.24, 2.45) is 11.7 Å². The SMILES string of the molecule is CCS(=O)(=O)N1CCCC(C(=O)N2C[C@@H](N)[C@H](c3ccccc3)C2)C1.Cl. The molecule has 0 aromatic heterocycles. The molecule has 3 atom stereocenters. The molecule has 0 aliphatic carbocycles. The normalized spacial score (nSPS) is 27.2. The summed E-state index contributed by atoms with van der Waals surface area (Å²) in [6, 6.07) is 9.97. The number of benzene rings is 1. The summed E-state index contributed by atoms with van der Waals surface area (Å²) < 4.78 is 25.7. The van der Waals surface area contributed by atoms with Crippen LogP contribution in [-0.4, -0.2) is 61.5 Å². The van der Waals surface area contributed by atoms with E-state index in [0.29, 0.717) is 26.2 Å². The smallest absolute Gasteiger partial charge is 0.227 e. The molecule has 2 heterocycles. The number of rotatable bonds is 4. The molecule has 1 unspecified atom stereocenters. The van der Waals surface area contributed by atoms with Crippen molar-refractivity contribution in [2.45, 2.75) is 31.7 Å². The zero-order valence-electron chi connectivity index (χ0n) is 15.1.